The summed E-state index contributed by atoms with van der Waals surface area (Å²) in [6, 6.07) is 6.27. The number of methoxy groups -OCH3 is 1. The Morgan fingerprint density at radius 1 is 1.37 bits per heavy atom. The Hall–Kier alpha value is -3.09. The lowest BCUT2D eigenvalue weighted by molar-refractivity contribution is -0.118. The van der Waals surface area contributed by atoms with Crippen LogP contribution in [0.3, 0.4) is 0 Å². The Balaban J connectivity index is 1.94. The smallest absolute Gasteiger partial charge is 0.343 e. The maximum absolute atomic E-state index is 13.0. The highest BCUT2D eigenvalue weighted by Crippen LogP contribution is 2.46. The summed E-state index contributed by atoms with van der Waals surface area (Å²) in [7, 11) is 1.32. The quantitative estimate of drug-likeness (QED) is 0.793. The zero-order chi connectivity index (χ0) is 19.3. The molecular formula is C20H21N3O4. The predicted molar refractivity (Wildman–Crippen MR) is 98.5 cm³/mol. The van der Waals surface area contributed by atoms with E-state index in [1.807, 2.05) is 19.9 Å². The number of phenols is 1. The second-order valence-corrected chi connectivity index (χ2v) is 7.80. The van der Waals surface area contributed by atoms with E-state index in [1.165, 1.54) is 13.3 Å². The van der Waals surface area contributed by atoms with Crippen LogP contribution in [-0.4, -0.2) is 33.7 Å². The van der Waals surface area contributed by atoms with Crippen molar-refractivity contribution in [3.63, 3.8) is 0 Å². The topological polar surface area (TPSA) is 93.5 Å². The van der Waals surface area contributed by atoms with E-state index in [0.717, 1.165) is 11.3 Å². The zero-order valence-corrected chi connectivity index (χ0v) is 15.4. The summed E-state index contributed by atoms with van der Waals surface area (Å²) in [5.41, 5.74) is 2.29. The number of ketones is 1. The van der Waals surface area contributed by atoms with Crippen molar-refractivity contribution in [2.45, 2.75) is 32.7 Å². The number of ether oxygens (including phenoxy) is 1. The molecule has 7 nitrogen and oxygen atoms in total. The number of hydrogen-bond donors (Lipinski definition) is 2. The van der Waals surface area contributed by atoms with Crippen LogP contribution in [0.25, 0.3) is 0 Å². The average molecular weight is 367 g/mol. The number of allylic oxidation sites excluding steroid dienone is 2. The molecule has 0 fully saturated rings. The lowest BCUT2D eigenvalue weighted by Gasteiger charge is -2.39. The number of aromatic hydroxyl groups is 1. The lowest BCUT2D eigenvalue weighted by atomic mass is 9.73. The van der Waals surface area contributed by atoms with Gasteiger partial charge in [0.1, 0.15) is 23.2 Å². The Kier molecular flexibility index (Phi) is 3.83. The van der Waals surface area contributed by atoms with Crippen molar-refractivity contribution < 1.29 is 19.4 Å². The fourth-order valence-electron chi connectivity index (χ4n) is 3.97. The van der Waals surface area contributed by atoms with Crippen molar-refractivity contribution >= 4 is 17.6 Å². The second kappa shape index (κ2) is 5.97. The molecule has 2 heterocycles. The maximum atomic E-state index is 13.0. The fourth-order valence-corrected chi connectivity index (χ4v) is 3.97. The van der Waals surface area contributed by atoms with Gasteiger partial charge in [0.2, 0.25) is 0 Å². The second-order valence-electron chi connectivity index (χ2n) is 7.80. The van der Waals surface area contributed by atoms with Crippen molar-refractivity contribution in [2.75, 3.05) is 12.4 Å². The number of phenolic OH excluding ortho intramolecular Hbond substituents is 1. The van der Waals surface area contributed by atoms with Gasteiger partial charge in [-0.25, -0.2) is 9.48 Å². The van der Waals surface area contributed by atoms with Crippen molar-refractivity contribution in [3.8, 4) is 5.75 Å². The van der Waals surface area contributed by atoms with Crippen molar-refractivity contribution in [3.05, 3.63) is 52.9 Å². The Morgan fingerprint density at radius 2 is 2.15 bits per heavy atom. The highest BCUT2D eigenvalue weighted by atomic mass is 16.5. The van der Waals surface area contributed by atoms with Crippen molar-refractivity contribution in [1.82, 2.24) is 9.78 Å². The molecule has 2 aromatic rings. The van der Waals surface area contributed by atoms with Crippen LogP contribution in [0, 0.1) is 5.41 Å². The molecule has 0 bridgehead atoms. The third-order valence-corrected chi connectivity index (χ3v) is 5.09. The number of carbonyl (C=O) groups excluding carboxylic acids is 2. The normalized spacial score (nSPS) is 20.6. The largest absolute Gasteiger partial charge is 0.508 e. The highest BCUT2D eigenvalue weighted by Gasteiger charge is 2.42. The molecule has 1 aliphatic heterocycles. The standard InChI is InChI=1S/C20H21N3O4/c1-20(2)8-14-16(15(25)9-20)17(11-5-4-6-12(24)7-11)23-18(22-14)13(10-21-23)19(26)27-3/h4-7,10,17,22,24H,8-9H2,1-3H3/t17-/m0/s1. The minimum atomic E-state index is -0.509. The Bertz CT molecular complexity index is 987. The van der Waals surface area contributed by atoms with E-state index in [2.05, 4.69) is 10.4 Å². The van der Waals surface area contributed by atoms with Crippen molar-refractivity contribution in [1.29, 1.82) is 0 Å². The molecule has 0 amide bonds. The van der Waals surface area contributed by atoms with Gasteiger partial charge in [-0.15, -0.1) is 0 Å². The zero-order valence-electron chi connectivity index (χ0n) is 15.4. The van der Waals surface area contributed by atoms with E-state index in [1.54, 1.807) is 22.9 Å². The molecule has 0 spiro atoms. The summed E-state index contributed by atoms with van der Waals surface area (Å²) in [5.74, 6) is 0.157. The molecule has 140 valence electrons. The van der Waals surface area contributed by atoms with E-state index < -0.39 is 12.0 Å². The van der Waals surface area contributed by atoms with Gasteiger partial charge < -0.3 is 15.2 Å². The van der Waals surface area contributed by atoms with Gasteiger partial charge in [0.15, 0.2) is 5.78 Å². The predicted octanol–water partition coefficient (Wildman–Crippen LogP) is 3.03. The first-order valence-electron chi connectivity index (χ1n) is 8.79. The van der Waals surface area contributed by atoms with Crippen LogP contribution in [0.2, 0.25) is 0 Å². The number of nitrogens with zero attached hydrogens (tertiary/aromatic N) is 2. The van der Waals surface area contributed by atoms with Crippen molar-refractivity contribution in [2.24, 2.45) is 5.41 Å². The van der Waals surface area contributed by atoms with Gasteiger partial charge in [-0.3, -0.25) is 4.79 Å². The molecule has 7 heteroatoms. The summed E-state index contributed by atoms with van der Waals surface area (Å²) in [6.45, 7) is 4.10. The van der Waals surface area contributed by atoms with Crippen LogP contribution >= 0.6 is 0 Å². The molecule has 1 atom stereocenters. The molecule has 2 N–H and O–H groups in total. The van der Waals surface area contributed by atoms with Crippen LogP contribution in [0.15, 0.2) is 41.7 Å². The number of rotatable bonds is 2. The molecular weight excluding hydrogens is 346 g/mol. The van der Waals surface area contributed by atoms with E-state index in [-0.39, 0.29) is 16.9 Å². The minimum Gasteiger partial charge on any atom is -0.508 e. The molecule has 0 unspecified atom stereocenters. The van der Waals surface area contributed by atoms with Gasteiger partial charge >= 0.3 is 5.97 Å². The molecule has 1 aromatic heterocycles. The molecule has 0 saturated carbocycles. The Labute approximate surface area is 156 Å². The van der Waals surface area contributed by atoms with E-state index in [4.69, 9.17) is 4.74 Å². The number of nitrogens with one attached hydrogen (secondary N) is 1. The number of anilines is 1. The third kappa shape index (κ3) is 2.79. The van der Waals surface area contributed by atoms with E-state index >= 15 is 0 Å². The third-order valence-electron chi connectivity index (χ3n) is 5.09. The number of esters is 1. The lowest BCUT2D eigenvalue weighted by Crippen LogP contribution is -2.36. The van der Waals surface area contributed by atoms with Gasteiger partial charge in [0, 0.05) is 17.7 Å². The fraction of sp³-hybridized carbons (Fsp3) is 0.350. The number of Topliss-reactive ketones (excluding diaryl/α,β-unsaturated/α-hetero) is 1. The molecule has 0 radical (unpaired) electrons. The van der Waals surface area contributed by atoms with Gasteiger partial charge in [0.05, 0.1) is 13.3 Å². The number of aromatic nitrogens is 2. The van der Waals surface area contributed by atoms with Crippen LogP contribution in [0.1, 0.15) is 48.7 Å². The summed E-state index contributed by atoms with van der Waals surface area (Å²) in [4.78, 5) is 25.2. The summed E-state index contributed by atoms with van der Waals surface area (Å²) in [5, 5.41) is 17.6. The maximum Gasteiger partial charge on any atom is 0.343 e. The van der Waals surface area contributed by atoms with Crippen LogP contribution in [-0.2, 0) is 9.53 Å². The van der Waals surface area contributed by atoms with Crippen LogP contribution < -0.4 is 5.32 Å². The number of carbonyl (C=O) groups is 2. The Morgan fingerprint density at radius 3 is 2.85 bits per heavy atom. The minimum absolute atomic E-state index is 0.0443. The number of hydrogen-bond acceptors (Lipinski definition) is 6. The van der Waals surface area contributed by atoms with E-state index in [9.17, 15) is 14.7 Å². The van der Waals surface area contributed by atoms with E-state index in [0.29, 0.717) is 29.8 Å². The van der Waals surface area contributed by atoms with Gasteiger partial charge in [-0.2, -0.15) is 5.10 Å². The van der Waals surface area contributed by atoms with Gasteiger partial charge in [-0.05, 0) is 29.5 Å². The van der Waals surface area contributed by atoms with Gasteiger partial charge in [-0.1, -0.05) is 26.0 Å². The monoisotopic (exact) mass is 367 g/mol. The van der Waals surface area contributed by atoms with Crippen LogP contribution in [0.5, 0.6) is 5.75 Å². The molecule has 4 rings (SSSR count). The SMILES string of the molecule is COC(=O)c1cnn2c1NC1=C(C(=O)CC(C)(C)C1)[C@@H]2c1cccc(O)c1. The molecule has 0 saturated heterocycles. The number of fused-ring (bicyclic) bond motifs is 1. The first-order chi connectivity index (χ1) is 12.8. The first kappa shape index (κ1) is 17.3. The summed E-state index contributed by atoms with van der Waals surface area (Å²) in [6.07, 6.45) is 2.55. The molecule has 1 aliphatic carbocycles. The van der Waals surface area contributed by atoms with Gasteiger partial charge in [0.25, 0.3) is 0 Å². The molecule has 1 aromatic carbocycles. The average Bonchev–Trinajstić information content (AvgIpc) is 3.01. The first-order valence-corrected chi connectivity index (χ1v) is 8.79. The summed E-state index contributed by atoms with van der Waals surface area (Å²) >= 11 is 0. The summed E-state index contributed by atoms with van der Waals surface area (Å²) < 4.78 is 6.48. The van der Waals surface area contributed by atoms with Crippen LogP contribution in [0.4, 0.5) is 5.82 Å². The molecule has 2 aliphatic rings. The molecule has 27 heavy (non-hydrogen) atoms. The number of benzene rings is 1. The highest BCUT2D eigenvalue weighted by molar-refractivity contribution is 6.01.